The van der Waals surface area contributed by atoms with E-state index in [-0.39, 0.29) is 0 Å². The molecule has 84 valence electrons. The zero-order chi connectivity index (χ0) is 11.4. The SMILES string of the molecule is COc1ccc(-c2conc2CCN)cc1. The Labute approximate surface area is 94.0 Å². The number of hydrogen-bond donors (Lipinski definition) is 1. The number of nitrogens with zero attached hydrogens (tertiary/aromatic N) is 1. The minimum atomic E-state index is 0.565. The Hall–Kier alpha value is -1.81. The van der Waals surface area contributed by atoms with Crippen LogP contribution in [-0.2, 0) is 6.42 Å². The van der Waals surface area contributed by atoms with Crippen molar-refractivity contribution in [3.05, 3.63) is 36.2 Å². The average Bonchev–Trinajstić information content (AvgIpc) is 2.78. The summed E-state index contributed by atoms with van der Waals surface area (Å²) in [5.74, 6) is 0.834. The van der Waals surface area contributed by atoms with E-state index in [1.807, 2.05) is 24.3 Å². The monoisotopic (exact) mass is 218 g/mol. The van der Waals surface area contributed by atoms with Crippen LogP contribution in [0.2, 0.25) is 0 Å². The van der Waals surface area contributed by atoms with Crippen LogP contribution >= 0.6 is 0 Å². The van der Waals surface area contributed by atoms with Gasteiger partial charge < -0.3 is 15.0 Å². The molecular formula is C12H14N2O2. The normalized spacial score (nSPS) is 10.4. The molecule has 1 aromatic carbocycles. The van der Waals surface area contributed by atoms with Gasteiger partial charge in [0.2, 0.25) is 0 Å². The molecule has 2 rings (SSSR count). The van der Waals surface area contributed by atoms with Gasteiger partial charge in [-0.2, -0.15) is 0 Å². The van der Waals surface area contributed by atoms with Crippen LogP contribution in [0.3, 0.4) is 0 Å². The number of benzene rings is 1. The van der Waals surface area contributed by atoms with Crippen molar-refractivity contribution in [1.29, 1.82) is 0 Å². The summed E-state index contributed by atoms with van der Waals surface area (Å²) in [7, 11) is 1.65. The number of methoxy groups -OCH3 is 1. The first-order valence-electron chi connectivity index (χ1n) is 5.13. The Morgan fingerprint density at radius 1 is 1.31 bits per heavy atom. The number of rotatable bonds is 4. The van der Waals surface area contributed by atoms with Gasteiger partial charge in [0.05, 0.1) is 12.8 Å². The number of ether oxygens (including phenoxy) is 1. The Balaban J connectivity index is 2.31. The second-order valence-electron chi connectivity index (χ2n) is 3.44. The van der Waals surface area contributed by atoms with Crippen molar-refractivity contribution >= 4 is 0 Å². The van der Waals surface area contributed by atoms with Crippen molar-refractivity contribution in [1.82, 2.24) is 5.16 Å². The van der Waals surface area contributed by atoms with Gasteiger partial charge in [-0.15, -0.1) is 0 Å². The van der Waals surface area contributed by atoms with E-state index in [4.69, 9.17) is 15.0 Å². The zero-order valence-corrected chi connectivity index (χ0v) is 9.14. The molecule has 0 atom stereocenters. The molecule has 4 nitrogen and oxygen atoms in total. The van der Waals surface area contributed by atoms with Gasteiger partial charge in [-0.3, -0.25) is 0 Å². The van der Waals surface area contributed by atoms with Crippen molar-refractivity contribution in [3.63, 3.8) is 0 Å². The summed E-state index contributed by atoms with van der Waals surface area (Å²) < 4.78 is 10.1. The number of hydrogen-bond acceptors (Lipinski definition) is 4. The highest BCUT2D eigenvalue weighted by Gasteiger charge is 2.08. The molecule has 0 radical (unpaired) electrons. The lowest BCUT2D eigenvalue weighted by Crippen LogP contribution is -2.03. The molecule has 4 heteroatoms. The van der Waals surface area contributed by atoms with Crippen LogP contribution < -0.4 is 10.5 Å². The molecule has 1 heterocycles. The molecule has 0 amide bonds. The molecule has 0 spiro atoms. The van der Waals surface area contributed by atoms with Crippen LogP contribution in [0.15, 0.2) is 35.1 Å². The number of aromatic nitrogens is 1. The molecule has 2 N–H and O–H groups in total. The maximum absolute atomic E-state index is 5.51. The van der Waals surface area contributed by atoms with E-state index in [9.17, 15) is 0 Å². The van der Waals surface area contributed by atoms with Gasteiger partial charge in [-0.05, 0) is 24.2 Å². The van der Waals surface area contributed by atoms with E-state index in [1.54, 1.807) is 13.4 Å². The Morgan fingerprint density at radius 3 is 2.69 bits per heavy atom. The molecule has 16 heavy (non-hydrogen) atoms. The second-order valence-corrected chi connectivity index (χ2v) is 3.44. The maximum Gasteiger partial charge on any atom is 0.131 e. The fourth-order valence-corrected chi connectivity index (χ4v) is 1.58. The topological polar surface area (TPSA) is 61.3 Å². The molecule has 0 unspecified atom stereocenters. The van der Waals surface area contributed by atoms with Gasteiger partial charge in [-0.25, -0.2) is 0 Å². The summed E-state index contributed by atoms with van der Waals surface area (Å²) in [5, 5.41) is 3.94. The molecule has 0 aliphatic heterocycles. The lowest BCUT2D eigenvalue weighted by atomic mass is 10.1. The minimum Gasteiger partial charge on any atom is -0.497 e. The summed E-state index contributed by atoms with van der Waals surface area (Å²) in [6, 6.07) is 7.78. The van der Waals surface area contributed by atoms with Gasteiger partial charge >= 0.3 is 0 Å². The first-order chi connectivity index (χ1) is 7.85. The molecule has 1 aromatic heterocycles. The van der Waals surface area contributed by atoms with E-state index < -0.39 is 0 Å². The first-order valence-corrected chi connectivity index (χ1v) is 5.13. The molecule has 0 bridgehead atoms. The number of nitrogens with two attached hydrogens (primary N) is 1. The van der Waals surface area contributed by atoms with E-state index in [0.29, 0.717) is 6.54 Å². The van der Waals surface area contributed by atoms with Gasteiger partial charge in [0.15, 0.2) is 0 Å². The van der Waals surface area contributed by atoms with Gasteiger partial charge in [0, 0.05) is 12.0 Å². The predicted octanol–water partition coefficient (Wildman–Crippen LogP) is 1.85. The highest BCUT2D eigenvalue weighted by Crippen LogP contribution is 2.25. The Kier molecular flexibility index (Phi) is 3.22. The largest absolute Gasteiger partial charge is 0.497 e. The highest BCUT2D eigenvalue weighted by atomic mass is 16.5. The van der Waals surface area contributed by atoms with Crippen LogP contribution in [-0.4, -0.2) is 18.8 Å². The molecule has 0 aliphatic rings. The summed E-state index contributed by atoms with van der Waals surface area (Å²) in [4.78, 5) is 0. The molecule has 2 aromatic rings. The van der Waals surface area contributed by atoms with Gasteiger partial charge in [-0.1, -0.05) is 17.3 Å². The van der Waals surface area contributed by atoms with Crippen molar-refractivity contribution in [2.24, 2.45) is 5.73 Å². The van der Waals surface area contributed by atoms with Crippen molar-refractivity contribution in [3.8, 4) is 16.9 Å². The molecule has 0 aliphatic carbocycles. The quantitative estimate of drug-likeness (QED) is 0.850. The lowest BCUT2D eigenvalue weighted by Gasteiger charge is -2.02. The molecule has 0 saturated carbocycles. The van der Waals surface area contributed by atoms with E-state index in [0.717, 1.165) is 29.0 Å². The summed E-state index contributed by atoms with van der Waals surface area (Å²) in [5.41, 5.74) is 8.46. The molecule has 0 saturated heterocycles. The molecular weight excluding hydrogens is 204 g/mol. The van der Waals surface area contributed by atoms with Crippen LogP contribution in [0.5, 0.6) is 5.75 Å². The summed E-state index contributed by atoms with van der Waals surface area (Å²) in [6.07, 6.45) is 2.37. The summed E-state index contributed by atoms with van der Waals surface area (Å²) in [6.45, 7) is 0.565. The smallest absolute Gasteiger partial charge is 0.131 e. The van der Waals surface area contributed by atoms with E-state index in [2.05, 4.69) is 5.16 Å². The van der Waals surface area contributed by atoms with Crippen LogP contribution in [0.25, 0.3) is 11.1 Å². The van der Waals surface area contributed by atoms with Gasteiger partial charge in [0.25, 0.3) is 0 Å². The Bertz CT molecular complexity index is 448. The van der Waals surface area contributed by atoms with E-state index >= 15 is 0 Å². The third-order valence-corrected chi connectivity index (χ3v) is 2.43. The fraction of sp³-hybridized carbons (Fsp3) is 0.250. The standard InChI is InChI=1S/C12H14N2O2/c1-15-10-4-2-9(3-5-10)11-8-16-14-12(11)6-7-13/h2-5,8H,6-7,13H2,1H3. The van der Waals surface area contributed by atoms with Crippen molar-refractivity contribution in [2.45, 2.75) is 6.42 Å². The van der Waals surface area contributed by atoms with Crippen LogP contribution in [0, 0.1) is 0 Å². The predicted molar refractivity (Wildman–Crippen MR) is 61.2 cm³/mol. The van der Waals surface area contributed by atoms with Crippen molar-refractivity contribution in [2.75, 3.05) is 13.7 Å². The van der Waals surface area contributed by atoms with Crippen LogP contribution in [0.4, 0.5) is 0 Å². The van der Waals surface area contributed by atoms with Crippen molar-refractivity contribution < 1.29 is 9.26 Å². The first kappa shape index (κ1) is 10.7. The van der Waals surface area contributed by atoms with Gasteiger partial charge in [0.1, 0.15) is 12.0 Å². The highest BCUT2D eigenvalue weighted by molar-refractivity contribution is 5.65. The van der Waals surface area contributed by atoms with E-state index in [1.165, 1.54) is 0 Å². The lowest BCUT2D eigenvalue weighted by molar-refractivity contribution is 0.412. The third kappa shape index (κ3) is 2.06. The maximum atomic E-state index is 5.51. The Morgan fingerprint density at radius 2 is 2.06 bits per heavy atom. The third-order valence-electron chi connectivity index (χ3n) is 2.43. The van der Waals surface area contributed by atoms with Crippen LogP contribution in [0.1, 0.15) is 5.69 Å². The zero-order valence-electron chi connectivity index (χ0n) is 9.14. The molecule has 0 fully saturated rings. The second kappa shape index (κ2) is 4.81. The summed E-state index contributed by atoms with van der Waals surface area (Å²) >= 11 is 0. The fourth-order valence-electron chi connectivity index (χ4n) is 1.58. The average molecular weight is 218 g/mol. The minimum absolute atomic E-state index is 0.565.